The van der Waals surface area contributed by atoms with Gasteiger partial charge in [-0.1, -0.05) is 78.9 Å². The molecule has 0 aliphatic heterocycles. The molecule has 0 heterocycles. The van der Waals surface area contributed by atoms with Crippen LogP contribution in [0.2, 0.25) is 0 Å². The van der Waals surface area contributed by atoms with Crippen LogP contribution in [0.5, 0.6) is 11.5 Å². The highest BCUT2D eigenvalue weighted by Gasteiger charge is 2.15. The minimum Gasteiger partial charge on any atom is -0.489 e. The van der Waals surface area contributed by atoms with Crippen molar-refractivity contribution in [3.8, 4) is 22.6 Å². The van der Waals surface area contributed by atoms with E-state index < -0.39 is 6.10 Å². The maximum Gasteiger partial charge on any atom is 0.265 e. The Bertz CT molecular complexity index is 1140. The van der Waals surface area contributed by atoms with Crippen molar-refractivity contribution in [3.05, 3.63) is 115 Å². The molecule has 0 aromatic heterocycles. The molecule has 1 atom stereocenters. The van der Waals surface area contributed by atoms with Gasteiger partial charge in [0.05, 0.1) is 0 Å². The van der Waals surface area contributed by atoms with Crippen molar-refractivity contribution in [2.45, 2.75) is 19.6 Å². The highest BCUT2D eigenvalue weighted by Crippen LogP contribution is 2.23. The zero-order chi connectivity index (χ0) is 22.2. The number of hydrogen-bond donors (Lipinski definition) is 1. The van der Waals surface area contributed by atoms with E-state index in [4.69, 9.17) is 9.47 Å². The molecule has 1 amide bonds. The van der Waals surface area contributed by atoms with Crippen molar-refractivity contribution in [2.75, 3.05) is 5.32 Å². The van der Waals surface area contributed by atoms with Gasteiger partial charge in [0, 0.05) is 11.8 Å². The van der Waals surface area contributed by atoms with Crippen molar-refractivity contribution in [1.29, 1.82) is 0 Å². The van der Waals surface area contributed by atoms with Gasteiger partial charge < -0.3 is 14.8 Å². The molecular formula is C28H25NO3. The molecule has 4 rings (SSSR count). The van der Waals surface area contributed by atoms with Crippen molar-refractivity contribution < 1.29 is 14.3 Å². The predicted molar refractivity (Wildman–Crippen MR) is 128 cm³/mol. The third-order valence-electron chi connectivity index (χ3n) is 4.99. The normalized spacial score (nSPS) is 11.4. The van der Waals surface area contributed by atoms with Crippen molar-refractivity contribution in [3.63, 3.8) is 0 Å². The van der Waals surface area contributed by atoms with E-state index >= 15 is 0 Å². The van der Waals surface area contributed by atoms with Crippen molar-refractivity contribution in [2.24, 2.45) is 0 Å². The van der Waals surface area contributed by atoms with Gasteiger partial charge in [-0.3, -0.25) is 4.79 Å². The number of hydrogen-bond acceptors (Lipinski definition) is 3. The lowest BCUT2D eigenvalue weighted by Crippen LogP contribution is -2.30. The molecule has 1 N–H and O–H groups in total. The quantitative estimate of drug-likeness (QED) is 0.360. The zero-order valence-corrected chi connectivity index (χ0v) is 17.9. The standard InChI is InChI=1S/C28H25NO3/c1-21(32-26-17-15-24(16-18-26)23-11-6-3-7-12-23)28(30)29-25-13-8-14-27(19-25)31-20-22-9-4-2-5-10-22/h2-19,21H,20H2,1H3,(H,29,30). The molecule has 0 aliphatic carbocycles. The lowest BCUT2D eigenvalue weighted by atomic mass is 10.1. The Morgan fingerprint density at radius 1 is 0.750 bits per heavy atom. The second kappa shape index (κ2) is 10.3. The van der Waals surface area contributed by atoms with Gasteiger partial charge in [0.15, 0.2) is 6.10 Å². The molecule has 0 saturated heterocycles. The van der Waals surface area contributed by atoms with Crippen LogP contribution in [-0.4, -0.2) is 12.0 Å². The fourth-order valence-corrected chi connectivity index (χ4v) is 3.26. The van der Waals surface area contributed by atoms with Crippen LogP contribution in [0, 0.1) is 0 Å². The molecule has 0 radical (unpaired) electrons. The molecule has 4 aromatic rings. The monoisotopic (exact) mass is 423 g/mol. The predicted octanol–water partition coefficient (Wildman–Crippen LogP) is 6.34. The summed E-state index contributed by atoms with van der Waals surface area (Å²) in [7, 11) is 0. The maximum atomic E-state index is 12.6. The van der Waals surface area contributed by atoms with Gasteiger partial charge in [0.25, 0.3) is 5.91 Å². The molecular weight excluding hydrogens is 398 g/mol. The zero-order valence-electron chi connectivity index (χ0n) is 17.9. The molecule has 32 heavy (non-hydrogen) atoms. The minimum atomic E-state index is -0.647. The first kappa shape index (κ1) is 21.2. The highest BCUT2D eigenvalue weighted by atomic mass is 16.5. The van der Waals surface area contributed by atoms with Crippen LogP contribution < -0.4 is 14.8 Å². The van der Waals surface area contributed by atoms with E-state index in [2.05, 4.69) is 17.4 Å². The highest BCUT2D eigenvalue weighted by molar-refractivity contribution is 5.94. The fourth-order valence-electron chi connectivity index (χ4n) is 3.26. The lowest BCUT2D eigenvalue weighted by molar-refractivity contribution is -0.122. The second-order valence-electron chi connectivity index (χ2n) is 7.44. The molecule has 0 spiro atoms. The maximum absolute atomic E-state index is 12.6. The van der Waals surface area contributed by atoms with Gasteiger partial charge in [-0.05, 0) is 47.9 Å². The van der Waals surface area contributed by atoms with E-state index in [1.54, 1.807) is 6.92 Å². The number of ether oxygens (including phenoxy) is 2. The van der Waals surface area contributed by atoms with E-state index in [1.165, 1.54) is 0 Å². The Hall–Kier alpha value is -4.05. The SMILES string of the molecule is CC(Oc1ccc(-c2ccccc2)cc1)C(=O)Nc1cccc(OCc2ccccc2)c1. The molecule has 0 fully saturated rings. The van der Waals surface area contributed by atoms with Gasteiger partial charge in [0.2, 0.25) is 0 Å². The fraction of sp³-hybridized carbons (Fsp3) is 0.107. The number of benzene rings is 4. The molecule has 4 nitrogen and oxygen atoms in total. The van der Waals surface area contributed by atoms with E-state index in [9.17, 15) is 4.79 Å². The summed E-state index contributed by atoms with van der Waals surface area (Å²) in [4.78, 5) is 12.6. The first-order valence-corrected chi connectivity index (χ1v) is 10.6. The molecule has 0 aliphatic rings. The summed E-state index contributed by atoms with van der Waals surface area (Å²) in [6.45, 7) is 2.20. The molecule has 160 valence electrons. The summed E-state index contributed by atoms with van der Waals surface area (Å²) in [5.41, 5.74) is 3.99. The molecule has 0 saturated carbocycles. The number of carbonyl (C=O) groups excluding carboxylic acids is 1. The van der Waals surface area contributed by atoms with Crippen molar-refractivity contribution in [1.82, 2.24) is 0 Å². The summed E-state index contributed by atoms with van der Waals surface area (Å²) < 4.78 is 11.7. The summed E-state index contributed by atoms with van der Waals surface area (Å²) in [6, 6.07) is 35.2. The number of anilines is 1. The largest absolute Gasteiger partial charge is 0.489 e. The Morgan fingerprint density at radius 2 is 1.41 bits per heavy atom. The molecule has 1 unspecified atom stereocenters. The van der Waals surface area contributed by atoms with Crippen LogP contribution in [0.25, 0.3) is 11.1 Å². The van der Waals surface area contributed by atoms with Crippen LogP contribution in [0.1, 0.15) is 12.5 Å². The lowest BCUT2D eigenvalue weighted by Gasteiger charge is -2.15. The van der Waals surface area contributed by atoms with E-state index in [1.807, 2.05) is 97.1 Å². The van der Waals surface area contributed by atoms with Crippen LogP contribution in [0.15, 0.2) is 109 Å². The third kappa shape index (κ3) is 5.76. The number of nitrogens with one attached hydrogen (secondary N) is 1. The van der Waals surface area contributed by atoms with Crippen molar-refractivity contribution >= 4 is 11.6 Å². The Kier molecular flexibility index (Phi) is 6.83. The number of amides is 1. The summed E-state index contributed by atoms with van der Waals surface area (Å²) in [5, 5.41) is 2.89. The van der Waals surface area contributed by atoms with E-state index in [0.717, 1.165) is 16.7 Å². The van der Waals surface area contributed by atoms with Gasteiger partial charge in [0.1, 0.15) is 18.1 Å². The van der Waals surface area contributed by atoms with Crippen LogP contribution >= 0.6 is 0 Å². The second-order valence-corrected chi connectivity index (χ2v) is 7.44. The van der Waals surface area contributed by atoms with Gasteiger partial charge in [-0.25, -0.2) is 0 Å². The first-order valence-electron chi connectivity index (χ1n) is 10.6. The van der Waals surface area contributed by atoms with Gasteiger partial charge in [-0.2, -0.15) is 0 Å². The molecule has 0 bridgehead atoms. The summed E-state index contributed by atoms with van der Waals surface area (Å²) in [6.07, 6.45) is -0.647. The minimum absolute atomic E-state index is 0.225. The van der Waals surface area contributed by atoms with Crippen LogP contribution in [0.3, 0.4) is 0 Å². The average Bonchev–Trinajstić information content (AvgIpc) is 2.84. The molecule has 4 heteroatoms. The number of carbonyl (C=O) groups is 1. The first-order chi connectivity index (χ1) is 15.7. The Labute approximate surface area is 188 Å². The topological polar surface area (TPSA) is 47.6 Å². The van der Waals surface area contributed by atoms with Crippen LogP contribution in [-0.2, 0) is 11.4 Å². The van der Waals surface area contributed by atoms with Gasteiger partial charge in [-0.15, -0.1) is 0 Å². The van der Waals surface area contributed by atoms with Crippen LogP contribution in [0.4, 0.5) is 5.69 Å². The summed E-state index contributed by atoms with van der Waals surface area (Å²) in [5.74, 6) is 1.11. The third-order valence-corrected chi connectivity index (χ3v) is 4.99. The van der Waals surface area contributed by atoms with E-state index in [-0.39, 0.29) is 5.91 Å². The van der Waals surface area contributed by atoms with E-state index in [0.29, 0.717) is 23.8 Å². The summed E-state index contributed by atoms with van der Waals surface area (Å²) >= 11 is 0. The smallest absolute Gasteiger partial charge is 0.265 e. The Morgan fingerprint density at radius 3 is 2.12 bits per heavy atom. The Balaban J connectivity index is 1.32. The van der Waals surface area contributed by atoms with Gasteiger partial charge >= 0.3 is 0 Å². The average molecular weight is 424 g/mol. The molecule has 4 aromatic carbocycles. The number of rotatable bonds is 8.